The van der Waals surface area contributed by atoms with Crippen molar-refractivity contribution in [2.24, 2.45) is 5.10 Å². The highest BCUT2D eigenvalue weighted by Gasteiger charge is 2.32. The molecule has 6 nitrogen and oxygen atoms in total. The number of hydrogen-bond acceptors (Lipinski definition) is 6. The van der Waals surface area contributed by atoms with Crippen LogP contribution in [0.4, 0.5) is 14.5 Å². The van der Waals surface area contributed by atoms with Gasteiger partial charge in [0.15, 0.2) is 0 Å². The first-order valence-corrected chi connectivity index (χ1v) is 9.23. The first-order valence-electron chi connectivity index (χ1n) is 9.23. The maximum absolute atomic E-state index is 12.4. The molecule has 0 fully saturated rings. The number of halogens is 2. The van der Waals surface area contributed by atoms with Gasteiger partial charge in [-0.05, 0) is 36.8 Å². The predicted molar refractivity (Wildman–Crippen MR) is 107 cm³/mol. The Morgan fingerprint density at radius 2 is 1.87 bits per heavy atom. The van der Waals surface area contributed by atoms with Crippen LogP contribution in [0.2, 0.25) is 0 Å². The summed E-state index contributed by atoms with van der Waals surface area (Å²) in [5, 5.41) is 16.6. The third-order valence-corrected chi connectivity index (χ3v) is 4.76. The van der Waals surface area contributed by atoms with Gasteiger partial charge in [0.25, 0.3) is 0 Å². The van der Waals surface area contributed by atoms with Gasteiger partial charge in [0.2, 0.25) is 0 Å². The first-order chi connectivity index (χ1) is 14.4. The van der Waals surface area contributed by atoms with Gasteiger partial charge in [0.1, 0.15) is 22.8 Å². The summed E-state index contributed by atoms with van der Waals surface area (Å²) in [4.78, 5) is 12.4. The average molecular weight is 412 g/mol. The molecule has 1 aliphatic heterocycles. The molecule has 1 atom stereocenters. The summed E-state index contributed by atoms with van der Waals surface area (Å²) < 4.78 is 34.4. The van der Waals surface area contributed by atoms with Crippen molar-refractivity contribution in [3.05, 3.63) is 88.0 Å². The Bertz CT molecular complexity index is 1130. The van der Waals surface area contributed by atoms with Gasteiger partial charge in [-0.15, -0.1) is 0 Å². The summed E-state index contributed by atoms with van der Waals surface area (Å²) in [5.74, 6) is 0.152. The zero-order valence-corrected chi connectivity index (χ0v) is 16.0. The van der Waals surface area contributed by atoms with E-state index in [4.69, 9.17) is 4.42 Å². The summed E-state index contributed by atoms with van der Waals surface area (Å²) in [6.07, 6.45) is 0.311. The second-order valence-electron chi connectivity index (χ2n) is 6.80. The normalized spacial score (nSPS) is 16.1. The molecule has 0 amide bonds. The maximum Gasteiger partial charge on any atom is 0.387 e. The Morgan fingerprint density at radius 3 is 2.50 bits per heavy atom. The van der Waals surface area contributed by atoms with Crippen LogP contribution in [0.5, 0.6) is 11.5 Å². The number of aromatic hydroxyl groups is 1. The molecule has 4 rings (SSSR count). The third kappa shape index (κ3) is 3.89. The van der Waals surface area contributed by atoms with Crippen LogP contribution in [0.15, 0.2) is 75.0 Å². The van der Waals surface area contributed by atoms with Crippen LogP contribution in [0.1, 0.15) is 29.3 Å². The third-order valence-electron chi connectivity index (χ3n) is 4.76. The molecule has 0 radical (unpaired) electrons. The number of alkyl halides is 2. The molecule has 0 aliphatic carbocycles. The number of hydrogen-bond donors (Lipinski definition) is 1. The first kappa shape index (κ1) is 19.6. The van der Waals surface area contributed by atoms with E-state index in [0.29, 0.717) is 17.9 Å². The van der Waals surface area contributed by atoms with Gasteiger partial charge in [0.05, 0.1) is 17.4 Å². The zero-order valence-electron chi connectivity index (χ0n) is 16.0. The lowest BCUT2D eigenvalue weighted by Gasteiger charge is -2.24. The minimum Gasteiger partial charge on any atom is -0.507 e. The molecule has 2 heterocycles. The van der Waals surface area contributed by atoms with Crippen molar-refractivity contribution in [1.82, 2.24) is 0 Å². The Hall–Kier alpha value is -3.68. The fourth-order valence-electron chi connectivity index (χ4n) is 3.47. The Labute approximate surface area is 170 Å². The smallest absolute Gasteiger partial charge is 0.387 e. The van der Waals surface area contributed by atoms with Gasteiger partial charge in [-0.25, -0.2) is 4.79 Å². The van der Waals surface area contributed by atoms with E-state index in [1.165, 1.54) is 18.2 Å². The van der Waals surface area contributed by atoms with Crippen molar-refractivity contribution < 1.29 is 23.0 Å². The number of ether oxygens (including phenoxy) is 1. The van der Waals surface area contributed by atoms with Gasteiger partial charge in [0, 0.05) is 12.5 Å². The van der Waals surface area contributed by atoms with Crippen molar-refractivity contribution in [3.8, 4) is 11.5 Å². The topological polar surface area (TPSA) is 75.3 Å². The molecule has 154 valence electrons. The van der Waals surface area contributed by atoms with Crippen molar-refractivity contribution in [1.29, 1.82) is 0 Å². The highest BCUT2D eigenvalue weighted by atomic mass is 19.3. The van der Waals surface area contributed by atoms with Gasteiger partial charge < -0.3 is 14.3 Å². The van der Waals surface area contributed by atoms with E-state index in [-0.39, 0.29) is 23.1 Å². The molecule has 0 spiro atoms. The number of hydrazone groups is 1. The molecule has 8 heteroatoms. The quantitative estimate of drug-likeness (QED) is 0.662. The fraction of sp³-hybridized carbons (Fsp3) is 0.182. The van der Waals surface area contributed by atoms with Crippen LogP contribution in [0, 0.1) is 6.92 Å². The largest absolute Gasteiger partial charge is 0.507 e. The summed E-state index contributed by atoms with van der Waals surface area (Å²) in [6.45, 7) is -1.33. The monoisotopic (exact) mass is 412 g/mol. The van der Waals surface area contributed by atoms with Crippen LogP contribution in [-0.4, -0.2) is 17.4 Å². The second-order valence-corrected chi connectivity index (χ2v) is 6.80. The fourth-order valence-corrected chi connectivity index (χ4v) is 3.47. The standard InChI is InChI=1S/C22H18F2N2O4/c1-13-11-19(27)20(21(28)29-13)17-12-18(26(25-17)15-5-3-2-4-6-15)14-7-9-16(10-8-14)30-22(23)24/h2-11,18,22,27H,12H2,1H3/t18-/m1/s1. The lowest BCUT2D eigenvalue weighted by atomic mass is 9.98. The summed E-state index contributed by atoms with van der Waals surface area (Å²) >= 11 is 0. The van der Waals surface area contributed by atoms with Crippen LogP contribution in [-0.2, 0) is 0 Å². The van der Waals surface area contributed by atoms with E-state index in [0.717, 1.165) is 11.3 Å². The average Bonchev–Trinajstić information content (AvgIpc) is 3.13. The maximum atomic E-state index is 12.4. The van der Waals surface area contributed by atoms with Gasteiger partial charge >= 0.3 is 12.2 Å². The van der Waals surface area contributed by atoms with Crippen LogP contribution < -0.4 is 15.4 Å². The van der Waals surface area contributed by atoms with Crippen molar-refractivity contribution in [2.45, 2.75) is 26.0 Å². The predicted octanol–water partition coefficient (Wildman–Crippen LogP) is 4.61. The highest BCUT2D eigenvalue weighted by Crippen LogP contribution is 2.37. The molecule has 30 heavy (non-hydrogen) atoms. The zero-order chi connectivity index (χ0) is 21.3. The summed E-state index contributed by atoms with van der Waals surface area (Å²) in [5.41, 5.74) is 1.29. The van der Waals surface area contributed by atoms with Gasteiger partial charge in [-0.3, -0.25) is 5.01 Å². The van der Waals surface area contributed by atoms with Crippen molar-refractivity contribution in [3.63, 3.8) is 0 Å². The van der Waals surface area contributed by atoms with E-state index in [1.807, 2.05) is 30.3 Å². The Kier molecular flexibility index (Phi) is 5.22. The molecule has 1 N–H and O–H groups in total. The lowest BCUT2D eigenvalue weighted by molar-refractivity contribution is -0.0498. The van der Waals surface area contributed by atoms with Crippen LogP contribution in [0.25, 0.3) is 0 Å². The van der Waals surface area contributed by atoms with Crippen molar-refractivity contribution >= 4 is 11.4 Å². The number of anilines is 1. The molecule has 0 saturated carbocycles. The van der Waals surface area contributed by atoms with E-state index in [2.05, 4.69) is 9.84 Å². The van der Waals surface area contributed by atoms with Crippen molar-refractivity contribution in [2.75, 3.05) is 5.01 Å². The molecule has 1 aromatic heterocycles. The minimum atomic E-state index is -2.90. The molecule has 2 aromatic carbocycles. The number of nitrogens with zero attached hydrogens (tertiary/aromatic N) is 2. The van der Waals surface area contributed by atoms with E-state index >= 15 is 0 Å². The molecule has 1 aliphatic rings. The van der Waals surface area contributed by atoms with E-state index in [9.17, 15) is 18.7 Å². The molecule has 3 aromatic rings. The summed E-state index contributed by atoms with van der Waals surface area (Å²) in [7, 11) is 0. The SMILES string of the molecule is Cc1cc(O)c(C2=NN(c3ccccc3)[C@@H](c3ccc(OC(F)F)cc3)C2)c(=O)o1. The van der Waals surface area contributed by atoms with E-state index < -0.39 is 12.2 Å². The lowest BCUT2D eigenvalue weighted by Crippen LogP contribution is -2.18. The van der Waals surface area contributed by atoms with Crippen LogP contribution in [0.3, 0.4) is 0 Å². The number of rotatable bonds is 5. The van der Waals surface area contributed by atoms with E-state index in [1.54, 1.807) is 24.1 Å². The highest BCUT2D eigenvalue weighted by molar-refractivity contribution is 6.04. The summed E-state index contributed by atoms with van der Waals surface area (Å²) in [6, 6.07) is 16.6. The number of benzene rings is 2. The second kappa shape index (κ2) is 7.98. The molecular formula is C22H18F2N2O4. The molecule has 0 unspecified atom stereocenters. The molecule has 0 saturated heterocycles. The minimum absolute atomic E-state index is 0.0154. The Balaban J connectivity index is 1.73. The molecular weight excluding hydrogens is 394 g/mol. The van der Waals surface area contributed by atoms with Gasteiger partial charge in [-0.2, -0.15) is 13.9 Å². The van der Waals surface area contributed by atoms with Gasteiger partial charge in [-0.1, -0.05) is 30.3 Å². The number of para-hydroxylation sites is 1. The molecule has 0 bridgehead atoms. The van der Waals surface area contributed by atoms with Crippen LogP contribution >= 0.6 is 0 Å². The number of aryl methyl sites for hydroxylation is 1. The Morgan fingerprint density at radius 1 is 1.17 bits per heavy atom.